The van der Waals surface area contributed by atoms with E-state index < -0.39 is 0 Å². The van der Waals surface area contributed by atoms with Gasteiger partial charge in [-0.25, -0.2) is 4.79 Å². The normalized spacial score (nSPS) is 10.2. The number of isocyanates is 1. The number of halogens is 1. The van der Waals surface area contributed by atoms with Crippen LogP contribution in [0.4, 0.5) is 5.69 Å². The molecule has 0 bridgehead atoms. The molecule has 0 amide bonds. The average Bonchev–Trinajstić information content (AvgIpc) is 2.48. The molecule has 0 aliphatic rings. The van der Waals surface area contributed by atoms with Gasteiger partial charge in [0, 0.05) is 15.4 Å². The minimum atomic E-state index is 0.627. The van der Waals surface area contributed by atoms with Crippen molar-refractivity contribution < 1.29 is 4.79 Å². The Morgan fingerprint density at radius 3 is 2.25 bits per heavy atom. The summed E-state index contributed by atoms with van der Waals surface area (Å²) in [6.45, 7) is 0. The number of nitrogens with zero attached hydrogens (tertiary/aromatic N) is 1. The molecule has 0 saturated heterocycles. The lowest BCUT2D eigenvalue weighted by Gasteiger charge is -2.11. The summed E-state index contributed by atoms with van der Waals surface area (Å²) in [5.74, 6) is 0. The lowest BCUT2D eigenvalue weighted by atomic mass is 9.97. The van der Waals surface area contributed by atoms with Crippen LogP contribution in [-0.4, -0.2) is 6.08 Å². The first-order valence-electron chi connectivity index (χ1n) is 6.16. The Kier molecular flexibility index (Phi) is 3.46. The molecule has 0 radical (unpaired) electrons. The minimum Gasteiger partial charge on any atom is -0.211 e. The van der Waals surface area contributed by atoms with Crippen molar-refractivity contribution in [1.29, 1.82) is 0 Å². The van der Waals surface area contributed by atoms with E-state index in [4.69, 9.17) is 0 Å². The second-order valence-corrected chi connectivity index (χ2v) is 5.22. The van der Waals surface area contributed by atoms with E-state index in [0.717, 1.165) is 26.4 Å². The zero-order chi connectivity index (χ0) is 13.9. The molecule has 0 aliphatic heterocycles. The van der Waals surface area contributed by atoms with Crippen molar-refractivity contribution in [1.82, 2.24) is 0 Å². The molecule has 0 N–H and O–H groups in total. The fourth-order valence-corrected chi connectivity index (χ4v) is 3.02. The average molecular weight is 324 g/mol. The molecule has 3 heteroatoms. The molecule has 0 atom stereocenters. The topological polar surface area (TPSA) is 29.4 Å². The van der Waals surface area contributed by atoms with Gasteiger partial charge in [-0.3, -0.25) is 0 Å². The SMILES string of the molecule is O=C=Nc1cc(Br)c(-c2ccccc2)c2ccccc12. The fourth-order valence-electron chi connectivity index (χ4n) is 2.36. The molecule has 0 unspecified atom stereocenters. The largest absolute Gasteiger partial charge is 0.240 e. The van der Waals surface area contributed by atoms with Crippen LogP contribution >= 0.6 is 15.9 Å². The smallest absolute Gasteiger partial charge is 0.211 e. The Morgan fingerprint density at radius 1 is 0.900 bits per heavy atom. The van der Waals surface area contributed by atoms with Crippen molar-refractivity contribution in [2.75, 3.05) is 0 Å². The highest BCUT2D eigenvalue weighted by Crippen LogP contribution is 2.40. The zero-order valence-electron chi connectivity index (χ0n) is 10.5. The summed E-state index contributed by atoms with van der Waals surface area (Å²) in [4.78, 5) is 14.4. The Labute approximate surface area is 124 Å². The summed E-state index contributed by atoms with van der Waals surface area (Å²) < 4.78 is 0.913. The van der Waals surface area contributed by atoms with Crippen molar-refractivity contribution in [3.8, 4) is 11.1 Å². The Balaban J connectivity index is 2.42. The molecule has 0 aromatic heterocycles. The van der Waals surface area contributed by atoms with Gasteiger partial charge >= 0.3 is 0 Å². The first-order chi connectivity index (χ1) is 9.81. The maximum absolute atomic E-state index is 10.6. The molecule has 96 valence electrons. The predicted octanol–water partition coefficient (Wildman–Crippen LogP) is 5.24. The first-order valence-corrected chi connectivity index (χ1v) is 6.95. The molecule has 0 spiro atoms. The van der Waals surface area contributed by atoms with Crippen molar-refractivity contribution >= 4 is 38.5 Å². The first kappa shape index (κ1) is 12.8. The van der Waals surface area contributed by atoms with E-state index in [9.17, 15) is 4.79 Å². The highest BCUT2D eigenvalue weighted by molar-refractivity contribution is 9.10. The van der Waals surface area contributed by atoms with Crippen LogP contribution in [0, 0.1) is 0 Å². The molecular formula is C17H10BrNO. The maximum Gasteiger partial charge on any atom is 0.240 e. The molecule has 3 rings (SSSR count). The van der Waals surface area contributed by atoms with E-state index in [1.165, 1.54) is 0 Å². The van der Waals surface area contributed by atoms with Gasteiger partial charge in [-0.05, 0) is 17.0 Å². The van der Waals surface area contributed by atoms with Gasteiger partial charge in [0.15, 0.2) is 0 Å². The lowest BCUT2D eigenvalue weighted by molar-refractivity contribution is 0.565. The lowest BCUT2D eigenvalue weighted by Crippen LogP contribution is -1.84. The van der Waals surface area contributed by atoms with Gasteiger partial charge in [0.2, 0.25) is 6.08 Å². The van der Waals surface area contributed by atoms with Gasteiger partial charge < -0.3 is 0 Å². The minimum absolute atomic E-state index is 0.627. The molecular weight excluding hydrogens is 314 g/mol. The summed E-state index contributed by atoms with van der Waals surface area (Å²) in [6, 6.07) is 19.9. The van der Waals surface area contributed by atoms with Crippen LogP contribution in [0.15, 0.2) is 70.1 Å². The third-order valence-electron chi connectivity index (χ3n) is 3.20. The number of carbonyl (C=O) groups excluding carboxylic acids is 1. The second-order valence-electron chi connectivity index (χ2n) is 4.37. The molecule has 0 heterocycles. The molecule has 3 aromatic carbocycles. The van der Waals surface area contributed by atoms with Crippen LogP contribution in [0.1, 0.15) is 0 Å². The van der Waals surface area contributed by atoms with E-state index >= 15 is 0 Å². The molecule has 0 saturated carbocycles. The van der Waals surface area contributed by atoms with Gasteiger partial charge in [0.05, 0.1) is 5.69 Å². The van der Waals surface area contributed by atoms with Gasteiger partial charge in [0.1, 0.15) is 0 Å². The standard InChI is InChI=1S/C17H10BrNO/c18-15-10-16(19-11-20)13-8-4-5-9-14(13)17(15)12-6-2-1-3-7-12/h1-10H. The van der Waals surface area contributed by atoms with E-state index in [1.54, 1.807) is 6.08 Å². The fraction of sp³-hybridized carbons (Fsp3) is 0. The van der Waals surface area contributed by atoms with Crippen molar-refractivity contribution in [2.45, 2.75) is 0 Å². The van der Waals surface area contributed by atoms with Crippen LogP contribution in [0.5, 0.6) is 0 Å². The van der Waals surface area contributed by atoms with E-state index in [2.05, 4.69) is 33.1 Å². The summed E-state index contributed by atoms with van der Waals surface area (Å²) in [7, 11) is 0. The molecule has 2 nitrogen and oxygen atoms in total. The predicted molar refractivity (Wildman–Crippen MR) is 84.9 cm³/mol. The van der Waals surface area contributed by atoms with Crippen LogP contribution in [-0.2, 0) is 4.79 Å². The zero-order valence-corrected chi connectivity index (χ0v) is 12.1. The summed E-state index contributed by atoms with van der Waals surface area (Å²) >= 11 is 3.59. The van der Waals surface area contributed by atoms with E-state index in [0.29, 0.717) is 5.69 Å². The third-order valence-corrected chi connectivity index (χ3v) is 3.83. The Bertz CT molecular complexity index is 821. The van der Waals surface area contributed by atoms with Crippen LogP contribution in [0.3, 0.4) is 0 Å². The van der Waals surface area contributed by atoms with Gasteiger partial charge in [-0.1, -0.05) is 70.5 Å². The maximum atomic E-state index is 10.6. The van der Waals surface area contributed by atoms with Crippen LogP contribution in [0.25, 0.3) is 21.9 Å². The van der Waals surface area contributed by atoms with E-state index in [-0.39, 0.29) is 0 Å². The highest BCUT2D eigenvalue weighted by atomic mass is 79.9. The third kappa shape index (κ3) is 2.18. The number of rotatable bonds is 2. The molecule has 3 aromatic rings. The monoisotopic (exact) mass is 323 g/mol. The Morgan fingerprint density at radius 2 is 1.55 bits per heavy atom. The van der Waals surface area contributed by atoms with Gasteiger partial charge in [-0.2, -0.15) is 4.99 Å². The van der Waals surface area contributed by atoms with Crippen molar-refractivity contribution in [3.05, 3.63) is 65.1 Å². The molecule has 0 aliphatic carbocycles. The quantitative estimate of drug-likeness (QED) is 0.468. The number of hydrogen-bond acceptors (Lipinski definition) is 2. The van der Waals surface area contributed by atoms with E-state index in [1.807, 2.05) is 48.5 Å². The summed E-state index contributed by atoms with van der Waals surface area (Å²) in [5.41, 5.74) is 2.85. The number of hydrogen-bond donors (Lipinski definition) is 0. The number of aliphatic imine (C=N–C) groups is 1. The van der Waals surface area contributed by atoms with Crippen molar-refractivity contribution in [3.63, 3.8) is 0 Å². The van der Waals surface area contributed by atoms with Crippen LogP contribution < -0.4 is 0 Å². The van der Waals surface area contributed by atoms with Gasteiger partial charge in [0.25, 0.3) is 0 Å². The molecule has 20 heavy (non-hydrogen) atoms. The van der Waals surface area contributed by atoms with Crippen LogP contribution in [0.2, 0.25) is 0 Å². The Hall–Kier alpha value is -2.22. The molecule has 0 fully saturated rings. The second kappa shape index (κ2) is 5.41. The summed E-state index contributed by atoms with van der Waals surface area (Å²) in [6.07, 6.45) is 1.62. The summed E-state index contributed by atoms with van der Waals surface area (Å²) in [5, 5.41) is 2.00. The van der Waals surface area contributed by atoms with Crippen molar-refractivity contribution in [2.24, 2.45) is 4.99 Å². The number of fused-ring (bicyclic) bond motifs is 1. The highest BCUT2D eigenvalue weighted by Gasteiger charge is 2.11. The van der Waals surface area contributed by atoms with Gasteiger partial charge in [-0.15, -0.1) is 0 Å². The number of benzene rings is 3.